The molecule has 0 aliphatic carbocycles. The number of amides is 2. The summed E-state index contributed by atoms with van der Waals surface area (Å²) in [6.45, 7) is 0.645. The molecule has 24 heavy (non-hydrogen) atoms. The van der Waals surface area contributed by atoms with Gasteiger partial charge in [0.25, 0.3) is 5.91 Å². The number of carbonyl (C=O) groups is 2. The lowest BCUT2D eigenvalue weighted by Gasteiger charge is -2.23. The van der Waals surface area contributed by atoms with Crippen molar-refractivity contribution >= 4 is 23.4 Å². The van der Waals surface area contributed by atoms with Crippen LogP contribution in [0.4, 0.5) is 0 Å². The Hall–Kier alpha value is -2.53. The summed E-state index contributed by atoms with van der Waals surface area (Å²) in [6, 6.07) is 11.9. The second kappa shape index (κ2) is 7.36. The molecule has 1 aromatic carbocycles. The van der Waals surface area contributed by atoms with Gasteiger partial charge in [-0.2, -0.15) is 0 Å². The van der Waals surface area contributed by atoms with Gasteiger partial charge >= 0.3 is 0 Å². The highest BCUT2D eigenvalue weighted by Crippen LogP contribution is 2.25. The SMILES string of the molecule is O=C(NCc1ccco1)C1CC(=CCl)CN1C(=O)c1ccccc1. The Kier molecular flexibility index (Phi) is 5.01. The van der Waals surface area contributed by atoms with E-state index in [-0.39, 0.29) is 18.4 Å². The number of nitrogens with one attached hydrogen (secondary N) is 1. The van der Waals surface area contributed by atoms with Crippen LogP contribution in [0.3, 0.4) is 0 Å². The van der Waals surface area contributed by atoms with Gasteiger partial charge in [-0.1, -0.05) is 29.8 Å². The molecule has 124 valence electrons. The van der Waals surface area contributed by atoms with E-state index in [0.29, 0.717) is 24.3 Å². The van der Waals surface area contributed by atoms with Crippen LogP contribution in [-0.2, 0) is 11.3 Å². The molecule has 1 fully saturated rings. The quantitative estimate of drug-likeness (QED) is 0.927. The average Bonchev–Trinajstić information content (AvgIpc) is 3.29. The highest BCUT2D eigenvalue weighted by Gasteiger charge is 2.36. The Bertz CT molecular complexity index is 741. The highest BCUT2D eigenvalue weighted by atomic mass is 35.5. The fraction of sp³-hybridized carbons (Fsp3) is 0.222. The molecule has 1 aliphatic rings. The van der Waals surface area contributed by atoms with Gasteiger partial charge in [-0.25, -0.2) is 0 Å². The summed E-state index contributed by atoms with van der Waals surface area (Å²) in [7, 11) is 0. The largest absolute Gasteiger partial charge is 0.467 e. The number of benzene rings is 1. The molecule has 0 saturated carbocycles. The number of nitrogens with zero attached hydrogens (tertiary/aromatic N) is 1. The third kappa shape index (κ3) is 3.51. The third-order valence-corrected chi connectivity index (χ3v) is 4.27. The average molecular weight is 345 g/mol. The predicted octanol–water partition coefficient (Wildman–Crippen LogP) is 2.93. The van der Waals surface area contributed by atoms with Gasteiger partial charge in [0.15, 0.2) is 0 Å². The second-order valence-corrected chi connectivity index (χ2v) is 5.80. The highest BCUT2D eigenvalue weighted by molar-refractivity contribution is 6.25. The van der Waals surface area contributed by atoms with Crippen molar-refractivity contribution in [1.29, 1.82) is 0 Å². The maximum atomic E-state index is 12.7. The molecule has 0 radical (unpaired) electrons. The zero-order valence-electron chi connectivity index (χ0n) is 12.9. The normalized spacial score (nSPS) is 18.8. The van der Waals surface area contributed by atoms with Gasteiger partial charge in [-0.05, 0) is 29.8 Å². The van der Waals surface area contributed by atoms with E-state index in [1.165, 1.54) is 5.54 Å². The molecule has 1 saturated heterocycles. The number of halogens is 1. The van der Waals surface area contributed by atoms with E-state index < -0.39 is 6.04 Å². The van der Waals surface area contributed by atoms with E-state index in [2.05, 4.69) is 5.32 Å². The van der Waals surface area contributed by atoms with Gasteiger partial charge in [0, 0.05) is 24.1 Å². The minimum atomic E-state index is -0.572. The van der Waals surface area contributed by atoms with Crippen molar-refractivity contribution in [2.45, 2.75) is 19.0 Å². The van der Waals surface area contributed by atoms with Crippen molar-refractivity contribution < 1.29 is 14.0 Å². The van der Waals surface area contributed by atoms with Crippen LogP contribution < -0.4 is 5.32 Å². The molecular weight excluding hydrogens is 328 g/mol. The van der Waals surface area contributed by atoms with Crippen LogP contribution in [0.5, 0.6) is 0 Å². The number of hydrogen-bond acceptors (Lipinski definition) is 3. The molecule has 2 amide bonds. The van der Waals surface area contributed by atoms with E-state index in [4.69, 9.17) is 16.0 Å². The Labute approximate surface area is 144 Å². The number of hydrogen-bond donors (Lipinski definition) is 1. The zero-order valence-corrected chi connectivity index (χ0v) is 13.7. The molecule has 0 spiro atoms. The first-order valence-electron chi connectivity index (χ1n) is 7.63. The maximum Gasteiger partial charge on any atom is 0.254 e. The van der Waals surface area contributed by atoms with Crippen molar-refractivity contribution in [3.05, 3.63) is 71.2 Å². The second-order valence-electron chi connectivity index (χ2n) is 5.58. The van der Waals surface area contributed by atoms with Crippen molar-refractivity contribution in [2.24, 2.45) is 0 Å². The van der Waals surface area contributed by atoms with Crippen LogP contribution >= 0.6 is 11.6 Å². The van der Waals surface area contributed by atoms with Gasteiger partial charge in [0.1, 0.15) is 11.8 Å². The number of carbonyl (C=O) groups excluding carboxylic acids is 2. The number of furan rings is 1. The molecule has 2 heterocycles. The van der Waals surface area contributed by atoms with Gasteiger partial charge in [-0.15, -0.1) is 0 Å². The smallest absolute Gasteiger partial charge is 0.254 e. The van der Waals surface area contributed by atoms with E-state index in [9.17, 15) is 9.59 Å². The minimum Gasteiger partial charge on any atom is -0.467 e. The summed E-state index contributed by atoms with van der Waals surface area (Å²) >= 11 is 5.81. The maximum absolute atomic E-state index is 12.7. The Morgan fingerprint density at radius 3 is 2.71 bits per heavy atom. The molecule has 6 heteroatoms. The standard InChI is InChI=1S/C18H17ClN2O3/c19-10-13-9-16(17(22)20-11-15-7-4-8-24-15)21(12-13)18(23)14-5-2-1-3-6-14/h1-8,10,16H,9,11-12H2,(H,20,22). The molecule has 2 aromatic rings. The van der Waals surface area contributed by atoms with Crippen LogP contribution in [0.15, 0.2) is 64.3 Å². The molecule has 0 bridgehead atoms. The van der Waals surface area contributed by atoms with Gasteiger partial charge in [0.2, 0.25) is 5.91 Å². The summed E-state index contributed by atoms with van der Waals surface area (Å²) in [5.74, 6) is 0.266. The monoisotopic (exact) mass is 344 g/mol. The van der Waals surface area contributed by atoms with Crippen LogP contribution in [-0.4, -0.2) is 29.3 Å². The summed E-state index contributed by atoms with van der Waals surface area (Å²) < 4.78 is 5.20. The van der Waals surface area contributed by atoms with Crippen LogP contribution in [0, 0.1) is 0 Å². The Morgan fingerprint density at radius 1 is 1.25 bits per heavy atom. The fourth-order valence-electron chi connectivity index (χ4n) is 2.73. The van der Waals surface area contributed by atoms with E-state index in [0.717, 1.165) is 5.57 Å². The van der Waals surface area contributed by atoms with Gasteiger partial charge < -0.3 is 14.6 Å². The topological polar surface area (TPSA) is 62.6 Å². The van der Waals surface area contributed by atoms with Gasteiger partial charge in [-0.3, -0.25) is 9.59 Å². The lowest BCUT2D eigenvalue weighted by Crippen LogP contribution is -2.45. The zero-order chi connectivity index (χ0) is 16.9. The fourth-order valence-corrected chi connectivity index (χ4v) is 2.89. The Balaban J connectivity index is 1.73. The van der Waals surface area contributed by atoms with Crippen molar-refractivity contribution in [2.75, 3.05) is 6.54 Å². The lowest BCUT2D eigenvalue weighted by molar-refractivity contribution is -0.125. The molecular formula is C18H17ClN2O3. The molecule has 1 atom stereocenters. The van der Waals surface area contributed by atoms with Crippen LogP contribution in [0.2, 0.25) is 0 Å². The number of likely N-dealkylation sites (tertiary alicyclic amines) is 1. The summed E-state index contributed by atoms with van der Waals surface area (Å²) in [5, 5.41) is 2.81. The summed E-state index contributed by atoms with van der Waals surface area (Å²) in [6.07, 6.45) is 1.99. The third-order valence-electron chi connectivity index (χ3n) is 3.96. The Morgan fingerprint density at radius 2 is 2.04 bits per heavy atom. The molecule has 1 N–H and O–H groups in total. The van der Waals surface area contributed by atoms with E-state index in [1.807, 2.05) is 6.07 Å². The minimum absolute atomic E-state index is 0.178. The number of rotatable bonds is 4. The molecule has 3 rings (SSSR count). The van der Waals surface area contributed by atoms with Crippen molar-refractivity contribution in [3.8, 4) is 0 Å². The first-order chi connectivity index (χ1) is 11.7. The van der Waals surface area contributed by atoms with E-state index >= 15 is 0 Å². The summed E-state index contributed by atoms with van der Waals surface area (Å²) in [5.41, 5.74) is 2.86. The predicted molar refractivity (Wildman–Crippen MR) is 90.4 cm³/mol. The molecule has 1 unspecified atom stereocenters. The van der Waals surface area contributed by atoms with Gasteiger partial charge in [0.05, 0.1) is 12.8 Å². The lowest BCUT2D eigenvalue weighted by atomic mass is 10.1. The first-order valence-corrected chi connectivity index (χ1v) is 8.07. The summed E-state index contributed by atoms with van der Waals surface area (Å²) in [4.78, 5) is 26.8. The van der Waals surface area contributed by atoms with Crippen molar-refractivity contribution in [3.63, 3.8) is 0 Å². The van der Waals surface area contributed by atoms with Crippen LogP contribution in [0.25, 0.3) is 0 Å². The molecule has 1 aromatic heterocycles. The van der Waals surface area contributed by atoms with E-state index in [1.54, 1.807) is 47.6 Å². The molecule has 5 nitrogen and oxygen atoms in total. The van der Waals surface area contributed by atoms with Crippen LogP contribution in [0.1, 0.15) is 22.5 Å². The first kappa shape index (κ1) is 16.3. The van der Waals surface area contributed by atoms with Crippen molar-refractivity contribution in [1.82, 2.24) is 10.2 Å². The molecule has 1 aliphatic heterocycles.